The van der Waals surface area contributed by atoms with Gasteiger partial charge in [0.25, 0.3) is 0 Å². The molecule has 132 valence electrons. The van der Waals surface area contributed by atoms with Crippen molar-refractivity contribution in [2.24, 2.45) is 5.92 Å². The number of benzene rings is 1. The molecule has 0 radical (unpaired) electrons. The normalized spacial score (nSPS) is 21.8. The van der Waals surface area contributed by atoms with Gasteiger partial charge < -0.3 is 4.57 Å². The average Bonchev–Trinajstić information content (AvgIpc) is 3.11. The van der Waals surface area contributed by atoms with Crippen molar-refractivity contribution < 1.29 is 12.8 Å². The minimum absolute atomic E-state index is 0.00122. The van der Waals surface area contributed by atoms with E-state index in [4.69, 9.17) is 5.26 Å². The van der Waals surface area contributed by atoms with Gasteiger partial charge in [-0.2, -0.15) is 9.57 Å². The molecular weight excluding hydrogens is 343 g/mol. The van der Waals surface area contributed by atoms with Crippen molar-refractivity contribution in [3.63, 3.8) is 0 Å². The summed E-state index contributed by atoms with van der Waals surface area (Å²) in [5, 5.41) is 8.93. The number of piperidine rings is 1. The smallest absolute Gasteiger partial charge is 0.218 e. The summed E-state index contributed by atoms with van der Waals surface area (Å²) in [6.07, 6.45) is 5.91. The fraction of sp³-hybridized carbons (Fsp3) is 0.412. The van der Waals surface area contributed by atoms with Crippen LogP contribution in [0.4, 0.5) is 4.39 Å². The van der Waals surface area contributed by atoms with Crippen LogP contribution >= 0.6 is 0 Å². The number of hydrogen-bond donors (Lipinski definition) is 0. The van der Waals surface area contributed by atoms with Gasteiger partial charge in [0.15, 0.2) is 0 Å². The molecule has 2 heterocycles. The molecule has 0 aliphatic carbocycles. The molecule has 0 spiro atoms. The SMILES string of the molecule is CC1CCN(S(=O)(=O)Cc2cc(C#N)ccc2F)CC1n1ccnc1. The van der Waals surface area contributed by atoms with Crippen molar-refractivity contribution in [3.8, 4) is 6.07 Å². The van der Waals surface area contributed by atoms with E-state index < -0.39 is 21.6 Å². The van der Waals surface area contributed by atoms with Crippen LogP contribution in [0.25, 0.3) is 0 Å². The molecule has 1 saturated heterocycles. The maximum Gasteiger partial charge on any atom is 0.218 e. The van der Waals surface area contributed by atoms with E-state index in [1.807, 2.05) is 16.8 Å². The molecule has 2 unspecified atom stereocenters. The second kappa shape index (κ2) is 6.94. The molecule has 0 N–H and O–H groups in total. The zero-order chi connectivity index (χ0) is 18.0. The topological polar surface area (TPSA) is 79.0 Å². The van der Waals surface area contributed by atoms with Crippen LogP contribution in [0.3, 0.4) is 0 Å². The first-order valence-corrected chi connectivity index (χ1v) is 9.65. The Labute approximate surface area is 146 Å². The number of imidazole rings is 1. The highest BCUT2D eigenvalue weighted by Gasteiger charge is 2.34. The van der Waals surface area contributed by atoms with E-state index in [0.29, 0.717) is 19.0 Å². The van der Waals surface area contributed by atoms with Crippen molar-refractivity contribution in [1.82, 2.24) is 13.9 Å². The Kier molecular flexibility index (Phi) is 4.88. The van der Waals surface area contributed by atoms with Crippen LogP contribution in [0.2, 0.25) is 0 Å². The molecule has 0 amide bonds. The first kappa shape index (κ1) is 17.6. The third kappa shape index (κ3) is 3.72. The highest BCUT2D eigenvalue weighted by atomic mass is 32.2. The lowest BCUT2D eigenvalue weighted by molar-refractivity contribution is 0.200. The molecule has 1 aliphatic heterocycles. The quantitative estimate of drug-likeness (QED) is 0.836. The van der Waals surface area contributed by atoms with Crippen molar-refractivity contribution in [3.05, 3.63) is 53.9 Å². The van der Waals surface area contributed by atoms with Gasteiger partial charge in [0.2, 0.25) is 10.0 Å². The van der Waals surface area contributed by atoms with Gasteiger partial charge in [-0.3, -0.25) is 0 Å². The minimum atomic E-state index is -3.68. The first-order chi connectivity index (χ1) is 11.9. The van der Waals surface area contributed by atoms with E-state index in [1.165, 1.54) is 16.4 Å². The zero-order valence-corrected chi connectivity index (χ0v) is 14.7. The molecule has 2 atom stereocenters. The Morgan fingerprint density at radius 3 is 2.92 bits per heavy atom. The second-order valence-corrected chi connectivity index (χ2v) is 8.34. The van der Waals surface area contributed by atoms with Gasteiger partial charge in [-0.15, -0.1) is 0 Å². The molecule has 8 heteroatoms. The Hall–Kier alpha value is -2.24. The van der Waals surface area contributed by atoms with Crippen LogP contribution in [0.1, 0.15) is 30.5 Å². The van der Waals surface area contributed by atoms with Gasteiger partial charge in [-0.25, -0.2) is 17.8 Å². The predicted molar refractivity (Wildman–Crippen MR) is 90.4 cm³/mol. The summed E-state index contributed by atoms with van der Waals surface area (Å²) in [5.74, 6) is -0.738. The van der Waals surface area contributed by atoms with Gasteiger partial charge >= 0.3 is 0 Å². The summed E-state index contributed by atoms with van der Waals surface area (Å²) < 4.78 is 42.9. The van der Waals surface area contributed by atoms with Crippen LogP contribution in [0.5, 0.6) is 0 Å². The molecule has 1 aliphatic rings. The third-order valence-corrected chi connectivity index (χ3v) is 6.49. The second-order valence-electron chi connectivity index (χ2n) is 6.38. The number of aromatic nitrogens is 2. The fourth-order valence-corrected chi connectivity index (χ4v) is 4.73. The largest absolute Gasteiger partial charge is 0.333 e. The highest BCUT2D eigenvalue weighted by Crippen LogP contribution is 2.30. The van der Waals surface area contributed by atoms with E-state index in [0.717, 1.165) is 12.5 Å². The minimum Gasteiger partial charge on any atom is -0.333 e. The molecule has 0 bridgehead atoms. The van der Waals surface area contributed by atoms with Gasteiger partial charge in [0.05, 0.1) is 29.8 Å². The lowest BCUT2D eigenvalue weighted by atomic mass is 9.95. The van der Waals surface area contributed by atoms with E-state index >= 15 is 0 Å². The van der Waals surface area contributed by atoms with Crippen LogP contribution < -0.4 is 0 Å². The van der Waals surface area contributed by atoms with Crippen LogP contribution in [0, 0.1) is 23.1 Å². The molecule has 1 aromatic heterocycles. The average molecular weight is 362 g/mol. The van der Waals surface area contributed by atoms with Crippen LogP contribution in [0.15, 0.2) is 36.9 Å². The molecule has 6 nitrogen and oxygen atoms in total. The summed E-state index contributed by atoms with van der Waals surface area (Å²) in [7, 11) is -3.68. The van der Waals surface area contributed by atoms with E-state index in [9.17, 15) is 12.8 Å². The number of halogens is 1. The summed E-state index contributed by atoms with van der Waals surface area (Å²) in [6, 6.07) is 5.68. The van der Waals surface area contributed by atoms with Crippen molar-refractivity contribution in [2.75, 3.05) is 13.1 Å². The summed E-state index contributed by atoms with van der Waals surface area (Å²) in [6.45, 7) is 2.83. The Morgan fingerprint density at radius 2 is 2.24 bits per heavy atom. The predicted octanol–water partition coefficient (Wildman–Crippen LogP) is 2.31. The maximum absolute atomic E-state index is 14.0. The fourth-order valence-electron chi connectivity index (χ4n) is 3.17. The van der Waals surface area contributed by atoms with Crippen LogP contribution in [-0.2, 0) is 15.8 Å². The zero-order valence-electron chi connectivity index (χ0n) is 13.8. The Balaban J connectivity index is 1.82. The summed E-state index contributed by atoms with van der Waals surface area (Å²) >= 11 is 0. The summed E-state index contributed by atoms with van der Waals surface area (Å²) in [4.78, 5) is 4.03. The van der Waals surface area contributed by atoms with Gasteiger partial charge in [0, 0.05) is 31.0 Å². The lowest BCUT2D eigenvalue weighted by Gasteiger charge is -2.36. The van der Waals surface area contributed by atoms with E-state index in [1.54, 1.807) is 12.5 Å². The number of sulfonamides is 1. The highest BCUT2D eigenvalue weighted by molar-refractivity contribution is 7.88. The van der Waals surface area contributed by atoms with Crippen molar-refractivity contribution in [2.45, 2.75) is 25.1 Å². The van der Waals surface area contributed by atoms with Gasteiger partial charge in [0.1, 0.15) is 5.82 Å². The Bertz CT molecular complexity index is 890. The molecular formula is C17H19FN4O2S. The van der Waals surface area contributed by atoms with Gasteiger partial charge in [-0.05, 0) is 30.5 Å². The lowest BCUT2D eigenvalue weighted by Crippen LogP contribution is -2.44. The number of rotatable bonds is 4. The van der Waals surface area contributed by atoms with Gasteiger partial charge in [-0.1, -0.05) is 6.92 Å². The maximum atomic E-state index is 14.0. The number of nitriles is 1. The van der Waals surface area contributed by atoms with E-state index in [2.05, 4.69) is 11.9 Å². The number of hydrogen-bond acceptors (Lipinski definition) is 4. The van der Waals surface area contributed by atoms with Crippen LogP contribution in [-0.4, -0.2) is 35.4 Å². The van der Waals surface area contributed by atoms with E-state index in [-0.39, 0.29) is 17.2 Å². The monoisotopic (exact) mass is 362 g/mol. The molecule has 2 aromatic rings. The summed E-state index contributed by atoms with van der Waals surface area (Å²) in [5.41, 5.74) is 0.270. The van der Waals surface area contributed by atoms with Crippen molar-refractivity contribution >= 4 is 10.0 Å². The molecule has 0 saturated carbocycles. The molecule has 25 heavy (non-hydrogen) atoms. The number of nitrogens with zero attached hydrogens (tertiary/aromatic N) is 4. The Morgan fingerprint density at radius 1 is 1.44 bits per heavy atom. The molecule has 1 fully saturated rings. The third-order valence-electron chi connectivity index (χ3n) is 4.70. The molecule has 1 aromatic carbocycles. The first-order valence-electron chi connectivity index (χ1n) is 8.04. The van der Waals surface area contributed by atoms with Crippen molar-refractivity contribution in [1.29, 1.82) is 5.26 Å². The standard InChI is InChI=1S/C17H19FN4O2S/c1-13-4-6-22(10-17(13)21-7-5-20-12-21)25(23,24)11-15-8-14(9-19)2-3-16(15)18/h2-3,5,7-8,12-13,17H,4,6,10-11H2,1H3. The molecule has 3 rings (SSSR count).